The highest BCUT2D eigenvalue weighted by Gasteiger charge is 2.31. The van der Waals surface area contributed by atoms with E-state index in [1.165, 1.54) is 11.8 Å². The summed E-state index contributed by atoms with van der Waals surface area (Å²) >= 11 is 1.18. The molecule has 1 heterocycles. The number of thioether (sulfide) groups is 1. The molecule has 0 aliphatic carbocycles. The Labute approximate surface area is 184 Å². The SMILES string of the molecule is COc1ccc([C@@H]2N=C(SCC(N)=O)NC(C)=C2C(=O)Nc2ccccc2)c(OC)c1. The van der Waals surface area contributed by atoms with Gasteiger partial charge < -0.3 is 25.8 Å². The van der Waals surface area contributed by atoms with Crippen LogP contribution in [0.3, 0.4) is 0 Å². The average Bonchev–Trinajstić information content (AvgIpc) is 2.77. The molecule has 2 amide bonds. The van der Waals surface area contributed by atoms with E-state index in [0.717, 1.165) is 0 Å². The molecule has 1 atom stereocenters. The first-order valence-corrected chi connectivity index (χ1v) is 10.5. The van der Waals surface area contributed by atoms with Crippen molar-refractivity contribution in [3.8, 4) is 11.5 Å². The molecule has 9 heteroatoms. The minimum absolute atomic E-state index is 0.0666. The number of aliphatic imine (C=N–C) groups is 1. The molecule has 3 rings (SSSR count). The summed E-state index contributed by atoms with van der Waals surface area (Å²) in [5.74, 6) is 0.478. The zero-order chi connectivity index (χ0) is 22.4. The van der Waals surface area contributed by atoms with E-state index in [4.69, 9.17) is 20.2 Å². The topological polar surface area (TPSA) is 115 Å². The van der Waals surface area contributed by atoms with Gasteiger partial charge in [-0.1, -0.05) is 30.0 Å². The number of carbonyl (C=O) groups excluding carboxylic acids is 2. The number of carbonyl (C=O) groups is 2. The van der Waals surface area contributed by atoms with Crippen molar-refractivity contribution in [1.82, 2.24) is 5.32 Å². The third-order valence-corrected chi connectivity index (χ3v) is 5.49. The molecule has 0 spiro atoms. The Morgan fingerprint density at radius 1 is 1.16 bits per heavy atom. The van der Waals surface area contributed by atoms with Crippen LogP contribution in [-0.4, -0.2) is 37.0 Å². The molecular weight excluding hydrogens is 416 g/mol. The maximum Gasteiger partial charge on any atom is 0.255 e. The Balaban J connectivity index is 2.02. The number of nitrogens with one attached hydrogen (secondary N) is 2. The largest absolute Gasteiger partial charge is 0.497 e. The van der Waals surface area contributed by atoms with Gasteiger partial charge in [-0.05, 0) is 31.2 Å². The number of nitrogens with zero attached hydrogens (tertiary/aromatic N) is 1. The number of anilines is 1. The van der Waals surface area contributed by atoms with E-state index in [2.05, 4.69) is 10.6 Å². The lowest BCUT2D eigenvalue weighted by Gasteiger charge is -2.27. The number of hydrogen-bond acceptors (Lipinski definition) is 7. The highest BCUT2D eigenvalue weighted by Crippen LogP contribution is 2.39. The number of allylic oxidation sites excluding steroid dienone is 1. The Kier molecular flexibility index (Phi) is 7.19. The first-order valence-electron chi connectivity index (χ1n) is 9.48. The molecule has 0 fully saturated rings. The fraction of sp³-hybridized carbons (Fsp3) is 0.227. The summed E-state index contributed by atoms with van der Waals surface area (Å²) in [6.45, 7) is 1.79. The van der Waals surface area contributed by atoms with Gasteiger partial charge in [-0.2, -0.15) is 0 Å². The molecule has 0 unspecified atom stereocenters. The fourth-order valence-electron chi connectivity index (χ4n) is 3.14. The molecule has 31 heavy (non-hydrogen) atoms. The second kappa shape index (κ2) is 10.0. The van der Waals surface area contributed by atoms with Crippen molar-refractivity contribution in [2.75, 3.05) is 25.3 Å². The second-order valence-electron chi connectivity index (χ2n) is 6.68. The van der Waals surface area contributed by atoms with Crippen molar-refractivity contribution in [2.24, 2.45) is 10.7 Å². The van der Waals surface area contributed by atoms with E-state index >= 15 is 0 Å². The third-order valence-electron chi connectivity index (χ3n) is 4.58. The number of primary amides is 1. The number of para-hydroxylation sites is 1. The molecule has 0 bridgehead atoms. The predicted molar refractivity (Wildman–Crippen MR) is 122 cm³/mol. The zero-order valence-electron chi connectivity index (χ0n) is 17.5. The molecule has 2 aromatic rings. The number of amides is 2. The molecule has 162 valence electrons. The number of amidine groups is 1. The number of ether oxygens (including phenoxy) is 2. The van der Waals surface area contributed by atoms with Gasteiger partial charge in [0.1, 0.15) is 17.5 Å². The first-order chi connectivity index (χ1) is 14.9. The van der Waals surface area contributed by atoms with Gasteiger partial charge in [0.15, 0.2) is 5.17 Å². The number of hydrogen-bond donors (Lipinski definition) is 3. The van der Waals surface area contributed by atoms with Gasteiger partial charge in [-0.3, -0.25) is 9.59 Å². The van der Waals surface area contributed by atoms with Gasteiger partial charge in [0.2, 0.25) is 5.91 Å². The predicted octanol–water partition coefficient (Wildman–Crippen LogP) is 2.84. The van der Waals surface area contributed by atoms with E-state index in [1.54, 1.807) is 33.3 Å². The minimum atomic E-state index is -0.652. The van der Waals surface area contributed by atoms with Gasteiger partial charge >= 0.3 is 0 Å². The van der Waals surface area contributed by atoms with Crippen LogP contribution in [0.4, 0.5) is 5.69 Å². The van der Waals surface area contributed by atoms with Crippen LogP contribution in [0.5, 0.6) is 11.5 Å². The third kappa shape index (κ3) is 5.37. The van der Waals surface area contributed by atoms with E-state index in [9.17, 15) is 9.59 Å². The molecule has 1 aliphatic heterocycles. The van der Waals surface area contributed by atoms with Crippen LogP contribution >= 0.6 is 11.8 Å². The normalized spacial score (nSPS) is 15.6. The maximum atomic E-state index is 13.2. The van der Waals surface area contributed by atoms with Crippen molar-refractivity contribution in [1.29, 1.82) is 0 Å². The molecule has 1 aliphatic rings. The molecule has 2 aromatic carbocycles. The van der Waals surface area contributed by atoms with Crippen LogP contribution in [0.2, 0.25) is 0 Å². The summed E-state index contributed by atoms with van der Waals surface area (Å²) in [7, 11) is 3.12. The molecule has 0 aromatic heterocycles. The highest BCUT2D eigenvalue weighted by atomic mass is 32.2. The maximum absolute atomic E-state index is 13.2. The Morgan fingerprint density at radius 2 is 1.90 bits per heavy atom. The van der Waals surface area contributed by atoms with Crippen LogP contribution in [0.25, 0.3) is 0 Å². The van der Waals surface area contributed by atoms with Gasteiger partial charge in [-0.25, -0.2) is 4.99 Å². The first kappa shape index (κ1) is 22.2. The van der Waals surface area contributed by atoms with Crippen molar-refractivity contribution in [3.63, 3.8) is 0 Å². The lowest BCUT2D eigenvalue weighted by Crippen LogP contribution is -2.33. The van der Waals surface area contributed by atoms with E-state index in [0.29, 0.717) is 39.2 Å². The quantitative estimate of drug-likeness (QED) is 0.610. The highest BCUT2D eigenvalue weighted by molar-refractivity contribution is 8.14. The molecule has 4 N–H and O–H groups in total. The second-order valence-corrected chi connectivity index (χ2v) is 7.65. The van der Waals surface area contributed by atoms with Crippen LogP contribution in [0.1, 0.15) is 18.5 Å². The van der Waals surface area contributed by atoms with Crippen LogP contribution < -0.4 is 25.8 Å². The molecule has 0 saturated carbocycles. The van der Waals surface area contributed by atoms with Crippen molar-refractivity contribution >= 4 is 34.4 Å². The summed E-state index contributed by atoms with van der Waals surface area (Å²) in [4.78, 5) is 29.2. The lowest BCUT2D eigenvalue weighted by molar-refractivity contribution is -0.115. The molecule has 0 radical (unpaired) electrons. The summed E-state index contributed by atoms with van der Waals surface area (Å²) in [5, 5.41) is 6.52. The molecule has 0 saturated heterocycles. The van der Waals surface area contributed by atoms with Gasteiger partial charge in [0.25, 0.3) is 5.91 Å². The average molecular weight is 441 g/mol. The smallest absolute Gasteiger partial charge is 0.255 e. The number of methoxy groups -OCH3 is 2. The van der Waals surface area contributed by atoms with Gasteiger partial charge in [0.05, 0.1) is 25.5 Å². The monoisotopic (exact) mass is 440 g/mol. The molecule has 8 nitrogen and oxygen atoms in total. The van der Waals surface area contributed by atoms with Crippen molar-refractivity contribution < 1.29 is 19.1 Å². The number of rotatable bonds is 7. The van der Waals surface area contributed by atoms with Gasteiger partial charge in [0, 0.05) is 23.0 Å². The lowest BCUT2D eigenvalue weighted by atomic mass is 9.95. The van der Waals surface area contributed by atoms with E-state index in [-0.39, 0.29) is 11.7 Å². The van der Waals surface area contributed by atoms with E-state index in [1.807, 2.05) is 36.4 Å². The Morgan fingerprint density at radius 3 is 2.55 bits per heavy atom. The van der Waals surface area contributed by atoms with Crippen molar-refractivity contribution in [2.45, 2.75) is 13.0 Å². The van der Waals surface area contributed by atoms with Gasteiger partial charge in [-0.15, -0.1) is 0 Å². The number of benzene rings is 2. The summed E-state index contributed by atoms with van der Waals surface area (Å²) < 4.78 is 10.8. The Bertz CT molecular complexity index is 1040. The summed E-state index contributed by atoms with van der Waals surface area (Å²) in [6, 6.07) is 13.9. The van der Waals surface area contributed by atoms with Crippen LogP contribution in [0, 0.1) is 0 Å². The van der Waals surface area contributed by atoms with Crippen LogP contribution in [0.15, 0.2) is 64.8 Å². The fourth-order valence-corrected chi connectivity index (χ4v) is 3.83. The number of nitrogens with two attached hydrogens (primary N) is 1. The van der Waals surface area contributed by atoms with Crippen molar-refractivity contribution in [3.05, 3.63) is 65.4 Å². The standard InChI is InChI=1S/C22H24N4O4S/c1-13-19(21(28)25-14-7-5-4-6-8-14)20(26-22(24-13)31-12-18(23)27)16-10-9-15(29-2)11-17(16)30-3/h4-11,20H,12H2,1-3H3,(H2,23,27)(H,24,26)(H,25,28)/t20-/m0/s1. The Hall–Kier alpha value is -3.46. The van der Waals surface area contributed by atoms with E-state index < -0.39 is 11.9 Å². The van der Waals surface area contributed by atoms with Crippen LogP contribution in [-0.2, 0) is 9.59 Å². The summed E-state index contributed by atoms with van der Waals surface area (Å²) in [6.07, 6.45) is 0. The summed E-state index contributed by atoms with van der Waals surface area (Å²) in [5.41, 5.74) is 7.71. The zero-order valence-corrected chi connectivity index (χ0v) is 18.3. The molecular formula is C22H24N4O4S. The minimum Gasteiger partial charge on any atom is -0.497 e.